The van der Waals surface area contributed by atoms with E-state index in [2.05, 4.69) is 5.32 Å². The van der Waals surface area contributed by atoms with Gasteiger partial charge in [0.25, 0.3) is 0 Å². The van der Waals surface area contributed by atoms with Crippen molar-refractivity contribution in [3.63, 3.8) is 0 Å². The lowest BCUT2D eigenvalue weighted by molar-refractivity contribution is -0.137. The van der Waals surface area contributed by atoms with E-state index in [0.717, 1.165) is 17.7 Å². The summed E-state index contributed by atoms with van der Waals surface area (Å²) >= 11 is 1.61. The van der Waals surface area contributed by atoms with Crippen LogP contribution >= 0.6 is 11.3 Å². The van der Waals surface area contributed by atoms with Gasteiger partial charge in [0.15, 0.2) is 0 Å². The Kier molecular flexibility index (Phi) is 5.36. The van der Waals surface area contributed by atoms with E-state index in [1.807, 2.05) is 17.5 Å². The van der Waals surface area contributed by atoms with Crippen LogP contribution in [0.1, 0.15) is 43.0 Å². The third-order valence-corrected chi connectivity index (χ3v) is 4.88. The van der Waals surface area contributed by atoms with Gasteiger partial charge in [-0.15, -0.1) is 11.3 Å². The minimum Gasteiger partial charge on any atom is -0.481 e. The standard InChI is InChI=1S/C14H22N2O2S/c15-9-10-4-1-2-5-11(10)16-12(8-14(17)18)13-6-3-7-19-13/h3,6-7,10-12,16H,1-2,4-5,8-9,15H2,(H,17,18). The molecule has 0 spiro atoms. The molecule has 0 bridgehead atoms. The lowest BCUT2D eigenvalue weighted by Crippen LogP contribution is -2.43. The van der Waals surface area contributed by atoms with Crippen molar-refractivity contribution in [3.05, 3.63) is 22.4 Å². The van der Waals surface area contributed by atoms with Gasteiger partial charge >= 0.3 is 5.97 Å². The molecular weight excluding hydrogens is 260 g/mol. The zero-order chi connectivity index (χ0) is 13.7. The summed E-state index contributed by atoms with van der Waals surface area (Å²) in [5, 5.41) is 14.6. The summed E-state index contributed by atoms with van der Waals surface area (Å²) < 4.78 is 0. The summed E-state index contributed by atoms with van der Waals surface area (Å²) in [6.07, 6.45) is 4.83. The number of carboxylic acids is 1. The van der Waals surface area contributed by atoms with Gasteiger partial charge in [-0.2, -0.15) is 0 Å². The number of hydrogen-bond donors (Lipinski definition) is 3. The Morgan fingerprint density at radius 2 is 2.32 bits per heavy atom. The van der Waals surface area contributed by atoms with Crippen LogP contribution in [0.25, 0.3) is 0 Å². The highest BCUT2D eigenvalue weighted by Crippen LogP contribution is 2.29. The number of nitrogens with one attached hydrogen (secondary N) is 1. The molecule has 5 heteroatoms. The lowest BCUT2D eigenvalue weighted by atomic mass is 9.84. The minimum absolute atomic E-state index is 0.0883. The summed E-state index contributed by atoms with van der Waals surface area (Å²) in [6.45, 7) is 0.682. The molecule has 1 saturated carbocycles. The first-order chi connectivity index (χ1) is 9.20. The van der Waals surface area contributed by atoms with Crippen LogP contribution in [0.2, 0.25) is 0 Å². The van der Waals surface area contributed by atoms with Crippen LogP contribution < -0.4 is 11.1 Å². The van der Waals surface area contributed by atoms with E-state index in [-0.39, 0.29) is 12.5 Å². The van der Waals surface area contributed by atoms with Gasteiger partial charge in [-0.3, -0.25) is 4.79 Å². The average Bonchev–Trinajstić information content (AvgIpc) is 2.92. The number of rotatable bonds is 6. The molecule has 4 N–H and O–H groups in total. The van der Waals surface area contributed by atoms with E-state index in [1.54, 1.807) is 11.3 Å². The fraction of sp³-hybridized carbons (Fsp3) is 0.643. The molecule has 0 aromatic carbocycles. The molecule has 1 aromatic heterocycles. The number of carbonyl (C=O) groups is 1. The summed E-state index contributed by atoms with van der Waals surface area (Å²) in [5.74, 6) is -0.281. The fourth-order valence-corrected chi connectivity index (χ4v) is 3.66. The Morgan fingerprint density at radius 1 is 1.53 bits per heavy atom. The molecule has 0 saturated heterocycles. The number of hydrogen-bond acceptors (Lipinski definition) is 4. The highest BCUT2D eigenvalue weighted by molar-refractivity contribution is 7.10. The van der Waals surface area contributed by atoms with E-state index in [1.165, 1.54) is 12.8 Å². The Bertz CT molecular complexity index is 394. The Balaban J connectivity index is 2.04. The molecule has 4 nitrogen and oxygen atoms in total. The third kappa shape index (κ3) is 4.03. The predicted molar refractivity (Wildman–Crippen MR) is 77.2 cm³/mol. The molecule has 0 radical (unpaired) electrons. The number of thiophene rings is 1. The quantitative estimate of drug-likeness (QED) is 0.749. The van der Waals surface area contributed by atoms with Crippen molar-refractivity contribution in [2.75, 3.05) is 6.54 Å². The van der Waals surface area contributed by atoms with Gasteiger partial charge in [0, 0.05) is 10.9 Å². The summed E-state index contributed by atoms with van der Waals surface area (Å²) in [6, 6.07) is 4.24. The van der Waals surface area contributed by atoms with Crippen molar-refractivity contribution in [2.24, 2.45) is 11.7 Å². The minimum atomic E-state index is -0.758. The van der Waals surface area contributed by atoms with Gasteiger partial charge in [-0.25, -0.2) is 0 Å². The molecule has 106 valence electrons. The van der Waals surface area contributed by atoms with Crippen LogP contribution in [-0.2, 0) is 4.79 Å². The monoisotopic (exact) mass is 282 g/mol. The highest BCUT2D eigenvalue weighted by Gasteiger charge is 2.27. The molecule has 3 unspecified atom stereocenters. The molecule has 0 amide bonds. The zero-order valence-corrected chi connectivity index (χ0v) is 11.9. The Labute approximate surface area is 118 Å². The first-order valence-electron chi connectivity index (χ1n) is 6.92. The van der Waals surface area contributed by atoms with Gasteiger partial charge in [0.05, 0.1) is 12.5 Å². The molecule has 19 heavy (non-hydrogen) atoms. The van der Waals surface area contributed by atoms with E-state index in [9.17, 15) is 4.79 Å². The molecule has 1 heterocycles. The number of nitrogens with two attached hydrogens (primary N) is 1. The van der Waals surface area contributed by atoms with Crippen LogP contribution in [-0.4, -0.2) is 23.7 Å². The van der Waals surface area contributed by atoms with Gasteiger partial charge < -0.3 is 16.2 Å². The van der Waals surface area contributed by atoms with E-state index < -0.39 is 5.97 Å². The SMILES string of the molecule is NCC1CCCCC1NC(CC(=O)O)c1cccs1. The average molecular weight is 282 g/mol. The second-order valence-corrected chi connectivity index (χ2v) is 6.20. The van der Waals surface area contributed by atoms with E-state index in [0.29, 0.717) is 18.5 Å². The number of carboxylic acid groups (broad SMARTS) is 1. The van der Waals surface area contributed by atoms with Crippen LogP contribution in [0.4, 0.5) is 0 Å². The maximum Gasteiger partial charge on any atom is 0.305 e. The van der Waals surface area contributed by atoms with E-state index >= 15 is 0 Å². The van der Waals surface area contributed by atoms with Crippen molar-refractivity contribution in [2.45, 2.75) is 44.2 Å². The molecule has 2 rings (SSSR count). The molecular formula is C14H22N2O2S. The lowest BCUT2D eigenvalue weighted by Gasteiger charge is -2.34. The first kappa shape index (κ1) is 14.5. The molecule has 0 aliphatic heterocycles. The summed E-state index contributed by atoms with van der Waals surface area (Å²) in [7, 11) is 0. The van der Waals surface area contributed by atoms with Crippen LogP contribution in [0.5, 0.6) is 0 Å². The van der Waals surface area contributed by atoms with Crippen LogP contribution in [0, 0.1) is 5.92 Å². The summed E-state index contributed by atoms with van der Waals surface area (Å²) in [4.78, 5) is 12.1. The highest BCUT2D eigenvalue weighted by atomic mass is 32.1. The maximum atomic E-state index is 11.0. The second-order valence-electron chi connectivity index (χ2n) is 5.22. The van der Waals surface area contributed by atoms with E-state index in [4.69, 9.17) is 10.8 Å². The molecule has 3 atom stereocenters. The maximum absolute atomic E-state index is 11.0. The van der Waals surface area contributed by atoms with Gasteiger partial charge in [-0.05, 0) is 36.8 Å². The Hall–Kier alpha value is -0.910. The largest absolute Gasteiger partial charge is 0.481 e. The van der Waals surface area contributed by atoms with Crippen molar-refractivity contribution in [3.8, 4) is 0 Å². The fourth-order valence-electron chi connectivity index (χ4n) is 2.87. The molecule has 1 aromatic rings. The van der Waals surface area contributed by atoms with Gasteiger partial charge in [-0.1, -0.05) is 18.9 Å². The molecule has 1 aliphatic carbocycles. The first-order valence-corrected chi connectivity index (χ1v) is 7.80. The third-order valence-electron chi connectivity index (χ3n) is 3.89. The Morgan fingerprint density at radius 3 is 2.95 bits per heavy atom. The number of aliphatic carboxylic acids is 1. The van der Waals surface area contributed by atoms with Crippen molar-refractivity contribution < 1.29 is 9.90 Å². The van der Waals surface area contributed by atoms with Crippen LogP contribution in [0.3, 0.4) is 0 Å². The van der Waals surface area contributed by atoms with Gasteiger partial charge in [0.1, 0.15) is 0 Å². The van der Waals surface area contributed by atoms with Gasteiger partial charge in [0.2, 0.25) is 0 Å². The molecule has 1 aliphatic rings. The van der Waals surface area contributed by atoms with Crippen LogP contribution in [0.15, 0.2) is 17.5 Å². The smallest absolute Gasteiger partial charge is 0.305 e. The van der Waals surface area contributed by atoms with Crippen molar-refractivity contribution >= 4 is 17.3 Å². The second kappa shape index (κ2) is 7.03. The van der Waals surface area contributed by atoms with Crippen molar-refractivity contribution in [1.82, 2.24) is 5.32 Å². The summed E-state index contributed by atoms with van der Waals surface area (Å²) in [5.41, 5.74) is 5.84. The normalized spacial score (nSPS) is 25.1. The van der Waals surface area contributed by atoms with Crippen molar-refractivity contribution in [1.29, 1.82) is 0 Å². The topological polar surface area (TPSA) is 75.3 Å². The molecule has 1 fully saturated rings. The predicted octanol–water partition coefficient (Wildman–Crippen LogP) is 2.37. The zero-order valence-electron chi connectivity index (χ0n) is 11.0.